The molecule has 0 atom stereocenters. The number of amides is 2. The van der Waals surface area contributed by atoms with Crippen LogP contribution in [0.1, 0.15) is 18.9 Å². The van der Waals surface area contributed by atoms with E-state index in [2.05, 4.69) is 5.32 Å². The third kappa shape index (κ3) is 3.89. The van der Waals surface area contributed by atoms with Gasteiger partial charge in [-0.3, -0.25) is 9.59 Å². The number of anilines is 2. The molecule has 0 fully saturated rings. The molecule has 0 saturated carbocycles. The van der Waals surface area contributed by atoms with Crippen molar-refractivity contribution in [2.45, 2.75) is 13.3 Å². The summed E-state index contributed by atoms with van der Waals surface area (Å²) in [7, 11) is 0. The van der Waals surface area contributed by atoms with Crippen LogP contribution in [0.2, 0.25) is 0 Å². The Morgan fingerprint density at radius 1 is 0.909 bits per heavy atom. The van der Waals surface area contributed by atoms with Crippen molar-refractivity contribution in [3.8, 4) is 17.2 Å². The predicted molar refractivity (Wildman–Crippen MR) is 124 cm³/mol. The summed E-state index contributed by atoms with van der Waals surface area (Å²) in [4.78, 5) is 28.3. The van der Waals surface area contributed by atoms with Crippen molar-refractivity contribution in [1.29, 1.82) is 0 Å². The summed E-state index contributed by atoms with van der Waals surface area (Å²) in [5, 5.41) is 3.15. The zero-order chi connectivity index (χ0) is 22.8. The highest BCUT2D eigenvalue weighted by atomic mass is 16.7. The molecule has 3 aromatic rings. The molecule has 5 rings (SSSR count). The van der Waals surface area contributed by atoms with Crippen molar-refractivity contribution >= 4 is 28.8 Å². The van der Waals surface area contributed by atoms with Gasteiger partial charge < -0.3 is 19.5 Å². The van der Waals surface area contributed by atoms with Crippen molar-refractivity contribution in [1.82, 2.24) is 0 Å². The average molecular weight is 442 g/mol. The van der Waals surface area contributed by atoms with E-state index >= 15 is 0 Å². The smallest absolute Gasteiger partial charge is 0.282 e. The molecule has 0 aliphatic carbocycles. The monoisotopic (exact) mass is 442 g/mol. The first-order valence-corrected chi connectivity index (χ1v) is 10.7. The van der Waals surface area contributed by atoms with E-state index < -0.39 is 11.8 Å². The summed E-state index contributed by atoms with van der Waals surface area (Å²) in [5.74, 6) is 0.980. The second-order valence-corrected chi connectivity index (χ2v) is 7.60. The fourth-order valence-electron chi connectivity index (χ4n) is 3.80. The Balaban J connectivity index is 1.53. The number of nitrogens with zero attached hydrogens (tertiary/aromatic N) is 1. The van der Waals surface area contributed by atoms with Crippen LogP contribution in [-0.2, 0) is 9.59 Å². The van der Waals surface area contributed by atoms with Crippen molar-refractivity contribution in [3.05, 3.63) is 84.1 Å². The van der Waals surface area contributed by atoms with Crippen LogP contribution in [0, 0.1) is 0 Å². The molecule has 3 aromatic carbocycles. The first kappa shape index (κ1) is 20.6. The first-order valence-electron chi connectivity index (χ1n) is 10.7. The van der Waals surface area contributed by atoms with Crippen molar-refractivity contribution < 1.29 is 23.8 Å². The largest absolute Gasteiger partial charge is 0.494 e. The van der Waals surface area contributed by atoms with Gasteiger partial charge in [0.25, 0.3) is 11.8 Å². The molecule has 33 heavy (non-hydrogen) atoms. The minimum absolute atomic E-state index is 0.151. The van der Waals surface area contributed by atoms with Gasteiger partial charge in [-0.25, -0.2) is 4.90 Å². The molecule has 1 N–H and O–H groups in total. The minimum atomic E-state index is -0.441. The predicted octanol–water partition coefficient (Wildman–Crippen LogP) is 4.60. The molecular weight excluding hydrogens is 420 g/mol. The van der Waals surface area contributed by atoms with Crippen LogP contribution in [0.4, 0.5) is 11.4 Å². The first-order chi connectivity index (χ1) is 16.2. The van der Waals surface area contributed by atoms with E-state index in [1.54, 1.807) is 36.4 Å². The molecule has 0 bridgehead atoms. The van der Waals surface area contributed by atoms with E-state index in [0.29, 0.717) is 46.4 Å². The van der Waals surface area contributed by atoms with Crippen molar-refractivity contribution in [2.24, 2.45) is 0 Å². The number of hydrogen-bond acceptors (Lipinski definition) is 6. The fraction of sp³-hybridized carbons (Fsp3) is 0.154. The summed E-state index contributed by atoms with van der Waals surface area (Å²) >= 11 is 0. The van der Waals surface area contributed by atoms with Gasteiger partial charge in [-0.2, -0.15) is 0 Å². The lowest BCUT2D eigenvalue weighted by atomic mass is 10.0. The van der Waals surface area contributed by atoms with E-state index in [-0.39, 0.29) is 12.5 Å². The number of fused-ring (bicyclic) bond motifs is 1. The lowest BCUT2D eigenvalue weighted by molar-refractivity contribution is -0.120. The Morgan fingerprint density at radius 3 is 2.55 bits per heavy atom. The molecule has 0 aromatic heterocycles. The highest BCUT2D eigenvalue weighted by molar-refractivity contribution is 6.46. The summed E-state index contributed by atoms with van der Waals surface area (Å²) in [5.41, 5.74) is 2.23. The highest BCUT2D eigenvalue weighted by Crippen LogP contribution is 2.38. The number of rotatable bonds is 7. The van der Waals surface area contributed by atoms with Gasteiger partial charge in [0.1, 0.15) is 11.4 Å². The Hall–Kier alpha value is -4.26. The van der Waals surface area contributed by atoms with Crippen LogP contribution in [0.5, 0.6) is 17.2 Å². The Kier molecular flexibility index (Phi) is 5.44. The van der Waals surface area contributed by atoms with Crippen LogP contribution in [0.25, 0.3) is 5.57 Å². The second kappa shape index (κ2) is 8.70. The number of imide groups is 1. The number of carbonyl (C=O) groups is 2. The number of nitrogens with one attached hydrogen (secondary N) is 1. The molecule has 2 aliphatic heterocycles. The van der Waals surface area contributed by atoms with Crippen molar-refractivity contribution in [3.63, 3.8) is 0 Å². The summed E-state index contributed by atoms with van der Waals surface area (Å²) in [6.07, 6.45) is 0.856. The van der Waals surface area contributed by atoms with Gasteiger partial charge in [-0.15, -0.1) is 0 Å². The topological polar surface area (TPSA) is 77.1 Å². The summed E-state index contributed by atoms with van der Waals surface area (Å²) in [6.45, 7) is 2.72. The van der Waals surface area contributed by atoms with Crippen LogP contribution >= 0.6 is 0 Å². The van der Waals surface area contributed by atoms with E-state index in [0.717, 1.165) is 6.42 Å². The Bertz CT molecular complexity index is 1250. The molecule has 2 amide bonds. The maximum atomic E-state index is 13.6. The quantitative estimate of drug-likeness (QED) is 0.539. The fourth-order valence-corrected chi connectivity index (χ4v) is 3.80. The van der Waals surface area contributed by atoms with Crippen LogP contribution in [-0.4, -0.2) is 25.2 Å². The Labute approximate surface area is 191 Å². The minimum Gasteiger partial charge on any atom is -0.494 e. The third-order valence-electron chi connectivity index (χ3n) is 5.34. The van der Waals surface area contributed by atoms with Gasteiger partial charge in [-0.1, -0.05) is 43.3 Å². The molecule has 166 valence electrons. The number of ether oxygens (including phenoxy) is 3. The van der Waals surface area contributed by atoms with Gasteiger partial charge in [0.05, 0.1) is 17.9 Å². The van der Waals surface area contributed by atoms with Gasteiger partial charge in [0.2, 0.25) is 6.79 Å². The van der Waals surface area contributed by atoms with Gasteiger partial charge in [0, 0.05) is 17.8 Å². The van der Waals surface area contributed by atoms with E-state index in [1.165, 1.54) is 4.90 Å². The number of hydrogen-bond donors (Lipinski definition) is 1. The summed E-state index contributed by atoms with van der Waals surface area (Å²) in [6, 6.07) is 21.5. The lowest BCUT2D eigenvalue weighted by Gasteiger charge is -2.16. The average Bonchev–Trinajstić information content (AvgIpc) is 3.40. The van der Waals surface area contributed by atoms with Gasteiger partial charge in [-0.05, 0) is 36.2 Å². The molecular formula is C26H22N2O5. The van der Waals surface area contributed by atoms with Crippen LogP contribution in [0.15, 0.2) is 78.5 Å². The van der Waals surface area contributed by atoms with E-state index in [4.69, 9.17) is 14.2 Å². The van der Waals surface area contributed by atoms with Crippen molar-refractivity contribution in [2.75, 3.05) is 23.6 Å². The molecule has 2 aliphatic rings. The lowest BCUT2D eigenvalue weighted by Crippen LogP contribution is -2.32. The SMILES string of the molecule is CCCOc1cccc(N2C(=O)C(Nc3ccc4c(c3)OCO4)=C(c3ccccc3)C2=O)c1. The maximum Gasteiger partial charge on any atom is 0.282 e. The number of carbonyl (C=O) groups excluding carboxylic acids is 2. The standard InChI is InChI=1S/C26H22N2O5/c1-2-13-31-20-10-6-9-19(15-20)28-25(29)23(17-7-4-3-5-8-17)24(26(28)30)27-18-11-12-21-22(14-18)33-16-32-21/h3-12,14-15,27H,2,13,16H2,1H3. The molecule has 7 nitrogen and oxygen atoms in total. The second-order valence-electron chi connectivity index (χ2n) is 7.60. The molecule has 0 radical (unpaired) electrons. The number of benzene rings is 3. The summed E-state index contributed by atoms with van der Waals surface area (Å²) < 4.78 is 16.5. The third-order valence-corrected chi connectivity index (χ3v) is 5.34. The molecule has 0 saturated heterocycles. The van der Waals surface area contributed by atoms with E-state index in [1.807, 2.05) is 43.3 Å². The van der Waals surface area contributed by atoms with Gasteiger partial charge in [0.15, 0.2) is 11.5 Å². The normalized spacial score (nSPS) is 14.8. The van der Waals surface area contributed by atoms with Gasteiger partial charge >= 0.3 is 0 Å². The maximum absolute atomic E-state index is 13.6. The zero-order valence-corrected chi connectivity index (χ0v) is 18.0. The van der Waals surface area contributed by atoms with Crippen LogP contribution in [0.3, 0.4) is 0 Å². The zero-order valence-electron chi connectivity index (χ0n) is 18.0. The van der Waals surface area contributed by atoms with E-state index in [9.17, 15) is 9.59 Å². The molecule has 0 spiro atoms. The Morgan fingerprint density at radius 2 is 1.73 bits per heavy atom. The molecule has 2 heterocycles. The van der Waals surface area contributed by atoms with Crippen LogP contribution < -0.4 is 24.4 Å². The highest BCUT2D eigenvalue weighted by Gasteiger charge is 2.40. The molecule has 0 unspecified atom stereocenters. The molecule has 7 heteroatoms.